The molecule has 12 atom stereocenters. The largest absolute Gasteiger partial charge is 0.459 e. The van der Waals surface area contributed by atoms with Crippen molar-refractivity contribution >= 4 is 63.1 Å². The summed E-state index contributed by atoms with van der Waals surface area (Å²) in [5.41, 5.74) is -8.50. The Morgan fingerprint density at radius 1 is 0.970 bits per heavy atom. The first-order valence-electron chi connectivity index (χ1n) is 22.1. The minimum Gasteiger partial charge on any atom is -0.459 e. The number of Topliss-reactive ketones (excluding diaryl/α,β-unsaturated/α-hetero) is 2. The van der Waals surface area contributed by atoms with Gasteiger partial charge in [-0.25, -0.2) is 14.4 Å². The molecule has 1 amide bonds. The van der Waals surface area contributed by atoms with Crippen LogP contribution in [0.15, 0.2) is 60.7 Å². The van der Waals surface area contributed by atoms with Crippen molar-refractivity contribution in [3.8, 4) is 0 Å². The number of esters is 4. The Kier molecular flexibility index (Phi) is 15.1. The Bertz CT molecular complexity index is 2170. The van der Waals surface area contributed by atoms with Gasteiger partial charge >= 0.3 is 30.0 Å². The third-order valence-electron chi connectivity index (χ3n) is 13.8. The molecule has 1 aliphatic heterocycles. The molecule has 18 heteroatoms. The fourth-order valence-electron chi connectivity index (χ4n) is 10.5. The van der Waals surface area contributed by atoms with Crippen LogP contribution in [0.2, 0.25) is 0 Å². The molecule has 3 saturated carbocycles. The Balaban J connectivity index is 1.49. The maximum absolute atomic E-state index is 15.1. The average Bonchev–Trinajstić information content (AvgIpc) is 3.24. The fraction of sp³-hybridized carbons (Fsp3) is 0.604. The van der Waals surface area contributed by atoms with E-state index in [2.05, 4.69) is 5.32 Å². The van der Waals surface area contributed by atoms with Crippen molar-refractivity contribution < 1.29 is 72.2 Å². The molecular formula is C48H61NO15S2. The van der Waals surface area contributed by atoms with Crippen LogP contribution in [0.1, 0.15) is 103 Å². The quantitative estimate of drug-likeness (QED) is 0.0674. The Hall–Kier alpha value is -4.49. The second-order valence-corrected chi connectivity index (χ2v) is 22.1. The summed E-state index contributed by atoms with van der Waals surface area (Å²) in [4.78, 5) is 99.4. The predicted octanol–water partition coefficient (Wildman–Crippen LogP) is 5.75. The van der Waals surface area contributed by atoms with E-state index in [1.165, 1.54) is 40.6 Å². The highest BCUT2D eigenvalue weighted by Gasteiger charge is 2.79. The van der Waals surface area contributed by atoms with Crippen molar-refractivity contribution in [3.05, 3.63) is 71.8 Å². The van der Waals surface area contributed by atoms with Crippen LogP contribution >= 0.6 is 21.6 Å². The number of alkyl carbamates (subject to hydrolysis) is 1. The lowest BCUT2D eigenvalue weighted by Crippen LogP contribution is -2.82. The molecule has 1 saturated heterocycles. The minimum atomic E-state index is -2.40. The molecule has 2 bridgehead atoms. The van der Waals surface area contributed by atoms with E-state index in [0.29, 0.717) is 17.7 Å². The monoisotopic (exact) mass is 955 g/mol. The molecule has 1 heterocycles. The van der Waals surface area contributed by atoms with E-state index in [1.807, 2.05) is 6.26 Å². The summed E-state index contributed by atoms with van der Waals surface area (Å²) in [6, 6.07) is 14.7. The maximum atomic E-state index is 15.1. The van der Waals surface area contributed by atoms with Gasteiger partial charge in [0.05, 0.1) is 29.6 Å². The van der Waals surface area contributed by atoms with E-state index in [4.69, 9.17) is 28.4 Å². The molecule has 66 heavy (non-hydrogen) atoms. The van der Waals surface area contributed by atoms with Gasteiger partial charge in [0.1, 0.15) is 35.6 Å². The van der Waals surface area contributed by atoms with Gasteiger partial charge in [0.25, 0.3) is 0 Å². The van der Waals surface area contributed by atoms with Crippen LogP contribution in [-0.4, -0.2) is 118 Å². The van der Waals surface area contributed by atoms with Gasteiger partial charge in [-0.1, -0.05) is 90.9 Å². The van der Waals surface area contributed by atoms with Crippen molar-refractivity contribution in [1.29, 1.82) is 0 Å². The highest BCUT2D eigenvalue weighted by atomic mass is 33.1. The Labute approximate surface area is 392 Å². The van der Waals surface area contributed by atoms with Gasteiger partial charge in [0.2, 0.25) is 17.7 Å². The molecule has 2 aromatic rings. The molecule has 4 fully saturated rings. The SMILES string of the molecule is CSSCCCC(=O)O[C@H](C(=O)O[C@@H]1C[C@]2(O)[C@H](OC(=O)c3ccccc3)[C@H]3[C@@]4(OC(C)=O)CO[C@H]4C[C@@H](O)[C@]3(C)C(=O)C(=O)C(C1C)C2(C)C)[C@H](NC(=O)OC(C)(C)C)c1ccccc1. The molecule has 3 aliphatic carbocycles. The van der Waals surface area contributed by atoms with Crippen LogP contribution in [0.25, 0.3) is 0 Å². The third kappa shape index (κ3) is 9.62. The summed E-state index contributed by atoms with van der Waals surface area (Å²) in [5, 5.41) is 28.3. The number of nitrogens with one attached hydrogen (secondary N) is 1. The number of ketones is 2. The van der Waals surface area contributed by atoms with E-state index in [9.17, 15) is 34.2 Å². The van der Waals surface area contributed by atoms with Gasteiger partial charge in [-0.3, -0.25) is 19.2 Å². The summed E-state index contributed by atoms with van der Waals surface area (Å²) in [6.07, 6.45) is -7.26. The molecule has 4 aliphatic rings. The summed E-state index contributed by atoms with van der Waals surface area (Å²) in [5.74, 6) is -9.20. The standard InChI is InChI=1S/C48H61NO15S2/c1-26-30(60-42(56)37(61-33(52)21-16-22-66-65-9)35(28-17-12-10-13-18-28)49-43(57)64-44(3,4)5)24-48(58)40(62-41(55)29-19-14-11-15-20-29)38-46(8,39(54)36(53)34(26)45(48,6)7)31(51)23-32-47(38,25-59-32)63-27(2)50/h10-15,17-20,26,30-32,34-35,37-38,40,51,58H,16,21-25H2,1-9H3,(H,49,57)/t26?,30-,31-,32+,34?,35-,37+,38-,40-,46+,47-,48+/m1/s1. The Morgan fingerprint density at radius 3 is 2.18 bits per heavy atom. The van der Waals surface area contributed by atoms with Crippen molar-refractivity contribution in [2.45, 2.75) is 134 Å². The molecular weight excluding hydrogens is 895 g/mol. The fourth-order valence-corrected chi connectivity index (χ4v) is 11.8. The number of benzene rings is 2. The summed E-state index contributed by atoms with van der Waals surface area (Å²) in [7, 11) is 3.06. The molecule has 0 radical (unpaired) electrons. The lowest BCUT2D eigenvalue weighted by atomic mass is 9.42. The zero-order chi connectivity index (χ0) is 48.6. The number of carbonyl (C=O) groups excluding carboxylic acids is 7. The molecule has 0 spiro atoms. The summed E-state index contributed by atoms with van der Waals surface area (Å²) >= 11 is 0. The lowest BCUT2D eigenvalue weighted by molar-refractivity contribution is -0.350. The first-order chi connectivity index (χ1) is 30.9. The number of aliphatic hydroxyl groups excluding tert-OH is 1. The molecule has 360 valence electrons. The first-order valence-corrected chi connectivity index (χ1v) is 24.8. The van der Waals surface area contributed by atoms with Crippen molar-refractivity contribution in [2.75, 3.05) is 18.6 Å². The normalized spacial score (nSPS) is 32.0. The van der Waals surface area contributed by atoms with Crippen molar-refractivity contribution in [1.82, 2.24) is 5.32 Å². The number of hydrogen-bond donors (Lipinski definition) is 3. The van der Waals surface area contributed by atoms with Crippen LogP contribution in [0.4, 0.5) is 4.79 Å². The number of fused-ring (bicyclic) bond motifs is 5. The minimum absolute atomic E-state index is 0.0641. The Morgan fingerprint density at radius 2 is 1.61 bits per heavy atom. The zero-order valence-electron chi connectivity index (χ0n) is 38.7. The first kappa shape index (κ1) is 50.9. The van der Waals surface area contributed by atoms with Gasteiger partial charge in [-0.05, 0) is 58.1 Å². The van der Waals surface area contributed by atoms with Gasteiger partial charge in [-0.15, -0.1) is 0 Å². The smallest absolute Gasteiger partial charge is 0.408 e. The molecule has 2 aromatic carbocycles. The van der Waals surface area contributed by atoms with Gasteiger partial charge in [0.15, 0.2) is 5.60 Å². The van der Waals surface area contributed by atoms with E-state index >= 15 is 9.59 Å². The number of ether oxygens (including phenoxy) is 6. The number of amides is 1. The second kappa shape index (κ2) is 19.6. The predicted molar refractivity (Wildman–Crippen MR) is 242 cm³/mol. The van der Waals surface area contributed by atoms with Gasteiger partial charge < -0.3 is 44.0 Å². The molecule has 16 nitrogen and oxygen atoms in total. The van der Waals surface area contributed by atoms with Gasteiger partial charge in [-0.2, -0.15) is 0 Å². The number of aliphatic hydroxyl groups is 2. The molecule has 3 N–H and O–H groups in total. The maximum Gasteiger partial charge on any atom is 0.408 e. The molecule has 0 aromatic heterocycles. The van der Waals surface area contributed by atoms with Crippen molar-refractivity contribution in [3.63, 3.8) is 0 Å². The van der Waals surface area contributed by atoms with Crippen LogP contribution in [0.5, 0.6) is 0 Å². The second-order valence-electron chi connectivity index (χ2n) is 19.4. The highest BCUT2D eigenvalue weighted by Crippen LogP contribution is 2.64. The van der Waals surface area contributed by atoms with E-state index < -0.39 is 130 Å². The van der Waals surface area contributed by atoms with Crippen molar-refractivity contribution in [2.24, 2.45) is 28.6 Å². The van der Waals surface area contributed by atoms with Crippen LogP contribution in [0, 0.1) is 28.6 Å². The lowest BCUT2D eigenvalue weighted by Gasteiger charge is -2.67. The van der Waals surface area contributed by atoms with E-state index in [-0.39, 0.29) is 25.0 Å². The van der Waals surface area contributed by atoms with E-state index in [1.54, 1.807) is 90.1 Å². The highest BCUT2D eigenvalue weighted by molar-refractivity contribution is 8.76. The van der Waals surface area contributed by atoms with E-state index in [0.717, 1.165) is 6.92 Å². The topological polar surface area (TPSA) is 227 Å². The zero-order valence-corrected chi connectivity index (χ0v) is 40.4. The third-order valence-corrected chi connectivity index (χ3v) is 15.7. The van der Waals surface area contributed by atoms with Crippen LogP contribution in [0.3, 0.4) is 0 Å². The van der Waals surface area contributed by atoms with Gasteiger partial charge in [0, 0.05) is 49.2 Å². The molecule has 2 unspecified atom stereocenters. The average molecular weight is 956 g/mol. The summed E-state index contributed by atoms with van der Waals surface area (Å²) in [6.45, 7) is 11.8. The molecule has 6 rings (SSSR count). The van der Waals surface area contributed by atoms with Crippen LogP contribution < -0.4 is 5.32 Å². The number of hydrogen-bond acceptors (Lipinski definition) is 17. The number of carbonyl (C=O) groups is 7. The summed E-state index contributed by atoms with van der Waals surface area (Å²) < 4.78 is 36.1. The number of rotatable bonds is 14. The van der Waals surface area contributed by atoms with Crippen LogP contribution in [-0.2, 0) is 52.4 Å².